The summed E-state index contributed by atoms with van der Waals surface area (Å²) in [7, 11) is 1.51. The fourth-order valence-electron chi connectivity index (χ4n) is 1.96. The molecule has 2 aromatic carbocycles. The molecule has 1 amide bonds. The molecule has 0 bridgehead atoms. The van der Waals surface area contributed by atoms with Gasteiger partial charge in [0.25, 0.3) is 5.91 Å². The van der Waals surface area contributed by atoms with Gasteiger partial charge < -0.3 is 14.8 Å². The zero-order valence-electron chi connectivity index (χ0n) is 13.6. The Balaban J connectivity index is 1.82. The average Bonchev–Trinajstić information content (AvgIpc) is 2.60. The highest BCUT2D eigenvalue weighted by atomic mass is 16.5. The average molecular weight is 325 g/mol. The van der Waals surface area contributed by atoms with Crippen molar-refractivity contribution in [2.75, 3.05) is 19.0 Å². The normalized spacial score (nSPS) is 10.4. The summed E-state index contributed by atoms with van der Waals surface area (Å²) < 4.78 is 10.1. The van der Waals surface area contributed by atoms with Crippen molar-refractivity contribution in [3.05, 3.63) is 65.7 Å². The number of aryl methyl sites for hydroxylation is 1. The first-order valence-electron chi connectivity index (χ1n) is 7.43. The Bertz CT molecular complexity index is 735. The Morgan fingerprint density at radius 3 is 2.50 bits per heavy atom. The molecule has 0 heterocycles. The lowest BCUT2D eigenvalue weighted by atomic mass is 10.1. The van der Waals surface area contributed by atoms with Crippen LogP contribution in [0.1, 0.15) is 11.1 Å². The van der Waals surface area contributed by atoms with E-state index in [0.29, 0.717) is 11.4 Å². The van der Waals surface area contributed by atoms with Gasteiger partial charge in [0.1, 0.15) is 5.75 Å². The Hall–Kier alpha value is -3.08. The van der Waals surface area contributed by atoms with Crippen LogP contribution in [0.2, 0.25) is 0 Å². The van der Waals surface area contributed by atoms with Crippen LogP contribution in [0.3, 0.4) is 0 Å². The quantitative estimate of drug-likeness (QED) is 0.654. The molecule has 0 unspecified atom stereocenters. The Morgan fingerprint density at radius 1 is 1.08 bits per heavy atom. The second-order valence-corrected chi connectivity index (χ2v) is 5.10. The van der Waals surface area contributed by atoms with Crippen LogP contribution in [0.15, 0.2) is 54.6 Å². The van der Waals surface area contributed by atoms with E-state index in [1.807, 2.05) is 31.2 Å². The molecular formula is C19H19NO4. The molecule has 2 aromatic rings. The minimum absolute atomic E-state index is 0.366. The van der Waals surface area contributed by atoms with Crippen LogP contribution in [-0.2, 0) is 14.3 Å². The maximum atomic E-state index is 11.8. The highest BCUT2D eigenvalue weighted by Crippen LogP contribution is 2.22. The van der Waals surface area contributed by atoms with Crippen molar-refractivity contribution in [2.24, 2.45) is 0 Å². The van der Waals surface area contributed by atoms with Crippen LogP contribution in [0.25, 0.3) is 6.08 Å². The summed E-state index contributed by atoms with van der Waals surface area (Å²) in [6, 6.07) is 14.7. The highest BCUT2D eigenvalue weighted by Gasteiger charge is 2.08. The Morgan fingerprint density at radius 2 is 1.79 bits per heavy atom. The lowest BCUT2D eigenvalue weighted by molar-refractivity contribution is -0.142. The summed E-state index contributed by atoms with van der Waals surface area (Å²) in [4.78, 5) is 23.5. The maximum absolute atomic E-state index is 11.8. The lowest BCUT2D eigenvalue weighted by Gasteiger charge is -2.09. The van der Waals surface area contributed by atoms with Gasteiger partial charge in [-0.1, -0.05) is 42.0 Å². The van der Waals surface area contributed by atoms with Crippen molar-refractivity contribution in [1.29, 1.82) is 0 Å². The summed E-state index contributed by atoms with van der Waals surface area (Å²) in [5, 5.41) is 2.63. The number of para-hydroxylation sites is 2. The fraction of sp³-hybridized carbons (Fsp3) is 0.158. The molecule has 0 aliphatic heterocycles. The molecule has 0 saturated heterocycles. The summed E-state index contributed by atoms with van der Waals surface area (Å²) in [6.07, 6.45) is 2.93. The number of nitrogens with one attached hydrogen (secondary N) is 1. The third-order valence-corrected chi connectivity index (χ3v) is 3.22. The van der Waals surface area contributed by atoms with Gasteiger partial charge in [-0.15, -0.1) is 0 Å². The largest absolute Gasteiger partial charge is 0.495 e. The zero-order valence-corrected chi connectivity index (χ0v) is 13.6. The number of carbonyl (C=O) groups excluding carboxylic acids is 2. The second kappa shape index (κ2) is 8.53. The number of benzene rings is 2. The van der Waals surface area contributed by atoms with Crippen molar-refractivity contribution in [2.45, 2.75) is 6.92 Å². The molecule has 2 rings (SSSR count). The van der Waals surface area contributed by atoms with Gasteiger partial charge in [-0.3, -0.25) is 4.79 Å². The summed E-state index contributed by atoms with van der Waals surface area (Å²) >= 11 is 0. The molecule has 24 heavy (non-hydrogen) atoms. The number of ether oxygens (including phenoxy) is 2. The molecule has 0 radical (unpaired) electrons. The van der Waals surface area contributed by atoms with Gasteiger partial charge in [-0.05, 0) is 30.7 Å². The first kappa shape index (κ1) is 17.3. The number of methoxy groups -OCH3 is 1. The third-order valence-electron chi connectivity index (χ3n) is 3.22. The van der Waals surface area contributed by atoms with E-state index in [2.05, 4.69) is 5.32 Å². The van der Waals surface area contributed by atoms with E-state index >= 15 is 0 Å². The molecule has 0 spiro atoms. The second-order valence-electron chi connectivity index (χ2n) is 5.10. The molecule has 0 fully saturated rings. The van der Waals surface area contributed by atoms with E-state index in [9.17, 15) is 9.59 Å². The number of esters is 1. The SMILES string of the molecule is COc1ccccc1NC(=O)COC(=O)C=Cc1ccc(C)cc1. The van der Waals surface area contributed by atoms with Crippen LogP contribution in [0.4, 0.5) is 5.69 Å². The number of hydrogen-bond donors (Lipinski definition) is 1. The van der Waals surface area contributed by atoms with Gasteiger partial charge in [-0.25, -0.2) is 4.79 Å². The molecule has 0 aliphatic rings. The van der Waals surface area contributed by atoms with Gasteiger partial charge in [0.15, 0.2) is 6.61 Å². The molecule has 0 aliphatic carbocycles. The minimum atomic E-state index is -0.578. The molecule has 1 N–H and O–H groups in total. The van der Waals surface area contributed by atoms with E-state index in [1.54, 1.807) is 30.3 Å². The third kappa shape index (κ3) is 5.28. The van der Waals surface area contributed by atoms with Gasteiger partial charge in [-0.2, -0.15) is 0 Å². The number of anilines is 1. The van der Waals surface area contributed by atoms with Crippen molar-refractivity contribution in [1.82, 2.24) is 0 Å². The monoisotopic (exact) mass is 325 g/mol. The van der Waals surface area contributed by atoms with Gasteiger partial charge >= 0.3 is 5.97 Å². The van der Waals surface area contributed by atoms with E-state index in [0.717, 1.165) is 11.1 Å². The first-order valence-corrected chi connectivity index (χ1v) is 7.43. The van der Waals surface area contributed by atoms with Crippen molar-refractivity contribution < 1.29 is 19.1 Å². The van der Waals surface area contributed by atoms with E-state index in [-0.39, 0.29) is 6.61 Å². The molecule has 5 heteroatoms. The summed E-state index contributed by atoms with van der Waals surface area (Å²) in [5.74, 6) is -0.473. The predicted octanol–water partition coefficient (Wildman–Crippen LogP) is 3.20. The Kier molecular flexibility index (Phi) is 6.14. The number of carbonyl (C=O) groups is 2. The molecule has 0 aromatic heterocycles. The first-order chi connectivity index (χ1) is 11.6. The van der Waals surface area contributed by atoms with Crippen LogP contribution in [0, 0.1) is 6.92 Å². The van der Waals surface area contributed by atoms with Crippen molar-refractivity contribution in [3.8, 4) is 5.75 Å². The molecule has 0 atom stereocenters. The lowest BCUT2D eigenvalue weighted by Crippen LogP contribution is -2.20. The van der Waals surface area contributed by atoms with Crippen molar-refractivity contribution >= 4 is 23.6 Å². The molecule has 0 saturated carbocycles. The van der Waals surface area contributed by atoms with Crippen LogP contribution < -0.4 is 10.1 Å². The van der Waals surface area contributed by atoms with Gasteiger partial charge in [0, 0.05) is 6.08 Å². The van der Waals surface area contributed by atoms with Crippen LogP contribution >= 0.6 is 0 Å². The molecule has 5 nitrogen and oxygen atoms in total. The molecule has 124 valence electrons. The maximum Gasteiger partial charge on any atom is 0.331 e. The van der Waals surface area contributed by atoms with Crippen LogP contribution in [-0.4, -0.2) is 25.6 Å². The number of amides is 1. The predicted molar refractivity (Wildman–Crippen MR) is 92.8 cm³/mol. The van der Waals surface area contributed by atoms with Crippen LogP contribution in [0.5, 0.6) is 5.75 Å². The minimum Gasteiger partial charge on any atom is -0.495 e. The summed E-state index contributed by atoms with van der Waals surface area (Å²) in [6.45, 7) is 1.62. The van der Waals surface area contributed by atoms with Gasteiger partial charge in [0.2, 0.25) is 0 Å². The van der Waals surface area contributed by atoms with E-state index in [4.69, 9.17) is 9.47 Å². The smallest absolute Gasteiger partial charge is 0.331 e. The van der Waals surface area contributed by atoms with Crippen molar-refractivity contribution in [3.63, 3.8) is 0 Å². The van der Waals surface area contributed by atoms with Gasteiger partial charge in [0.05, 0.1) is 12.8 Å². The van der Waals surface area contributed by atoms with E-state index in [1.165, 1.54) is 13.2 Å². The summed E-state index contributed by atoms with van der Waals surface area (Å²) in [5.41, 5.74) is 2.55. The topological polar surface area (TPSA) is 64.6 Å². The number of rotatable bonds is 6. The highest BCUT2D eigenvalue weighted by molar-refractivity contribution is 5.95. The Labute approximate surface area is 140 Å². The number of hydrogen-bond acceptors (Lipinski definition) is 4. The molecular weight excluding hydrogens is 306 g/mol. The fourth-order valence-corrected chi connectivity index (χ4v) is 1.96. The standard InChI is InChI=1S/C19H19NO4/c1-14-7-9-15(10-8-14)11-12-19(22)24-13-18(21)20-16-5-3-4-6-17(16)23-2/h3-12H,13H2,1-2H3,(H,20,21). The zero-order chi connectivity index (χ0) is 17.4. The van der Waals surface area contributed by atoms with E-state index < -0.39 is 11.9 Å².